The number of halogens is 2. The highest BCUT2D eigenvalue weighted by Crippen LogP contribution is 2.48. The summed E-state index contributed by atoms with van der Waals surface area (Å²) in [5, 5.41) is 3.78. The van der Waals surface area contributed by atoms with Crippen LogP contribution in [0.3, 0.4) is 0 Å². The Kier molecular flexibility index (Phi) is 6.27. The van der Waals surface area contributed by atoms with Gasteiger partial charge >= 0.3 is 0 Å². The number of benzene rings is 2. The lowest BCUT2D eigenvalue weighted by atomic mass is 9.96. The fourth-order valence-corrected chi connectivity index (χ4v) is 3.08. The fourth-order valence-electron chi connectivity index (χ4n) is 2.89. The molecule has 24 heavy (non-hydrogen) atoms. The van der Waals surface area contributed by atoms with E-state index in [4.69, 9.17) is 17.3 Å². The molecular formula is C19H22Cl2N2O. The van der Waals surface area contributed by atoms with Crippen LogP contribution in [0.2, 0.25) is 5.02 Å². The van der Waals surface area contributed by atoms with Crippen molar-refractivity contribution in [3.63, 3.8) is 0 Å². The molecule has 3 nitrogen and oxygen atoms in total. The van der Waals surface area contributed by atoms with Crippen molar-refractivity contribution >= 4 is 29.9 Å². The molecule has 1 aliphatic rings. The van der Waals surface area contributed by atoms with E-state index in [1.807, 2.05) is 48.5 Å². The Bertz CT molecular complexity index is 687. The van der Waals surface area contributed by atoms with Crippen molar-refractivity contribution in [1.82, 2.24) is 5.32 Å². The van der Waals surface area contributed by atoms with Crippen LogP contribution in [0.4, 0.5) is 0 Å². The highest BCUT2D eigenvalue weighted by atomic mass is 35.5. The van der Waals surface area contributed by atoms with Gasteiger partial charge in [0.2, 0.25) is 5.91 Å². The molecular weight excluding hydrogens is 343 g/mol. The minimum atomic E-state index is -0.266. The molecule has 1 amide bonds. The van der Waals surface area contributed by atoms with Crippen molar-refractivity contribution < 1.29 is 4.79 Å². The van der Waals surface area contributed by atoms with Crippen LogP contribution in [-0.4, -0.2) is 12.5 Å². The number of nitrogens with two attached hydrogens (primary N) is 1. The van der Waals surface area contributed by atoms with Crippen molar-refractivity contribution in [2.45, 2.75) is 30.7 Å². The molecule has 0 radical (unpaired) electrons. The second-order valence-electron chi connectivity index (χ2n) is 6.29. The molecule has 0 bridgehead atoms. The van der Waals surface area contributed by atoms with Gasteiger partial charge < -0.3 is 11.1 Å². The standard InChI is InChI=1S/C19H21ClN2O.ClH/c20-16-8-4-7-15(11-16)19(9-10-19)13-22-18(23)12-17(21)14-5-2-1-3-6-14;/h1-8,11,17H,9-10,12-13,21H2,(H,22,23);1H. The highest BCUT2D eigenvalue weighted by molar-refractivity contribution is 6.30. The molecule has 5 heteroatoms. The lowest BCUT2D eigenvalue weighted by Crippen LogP contribution is -2.34. The molecule has 2 aromatic carbocycles. The number of rotatable bonds is 6. The van der Waals surface area contributed by atoms with E-state index in [1.165, 1.54) is 5.56 Å². The summed E-state index contributed by atoms with van der Waals surface area (Å²) in [5.41, 5.74) is 8.35. The summed E-state index contributed by atoms with van der Waals surface area (Å²) < 4.78 is 0. The van der Waals surface area contributed by atoms with Gasteiger partial charge in [-0.2, -0.15) is 0 Å². The average molecular weight is 365 g/mol. The maximum absolute atomic E-state index is 12.2. The van der Waals surface area contributed by atoms with E-state index in [1.54, 1.807) is 0 Å². The molecule has 3 N–H and O–H groups in total. The van der Waals surface area contributed by atoms with Crippen molar-refractivity contribution in [2.24, 2.45) is 5.73 Å². The Hall–Kier alpha value is -1.55. The molecule has 128 valence electrons. The maximum Gasteiger partial charge on any atom is 0.221 e. The van der Waals surface area contributed by atoms with Crippen molar-refractivity contribution in [2.75, 3.05) is 6.54 Å². The predicted molar refractivity (Wildman–Crippen MR) is 101 cm³/mol. The van der Waals surface area contributed by atoms with E-state index in [2.05, 4.69) is 11.4 Å². The van der Waals surface area contributed by atoms with Gasteiger partial charge in [0.25, 0.3) is 0 Å². The Morgan fingerprint density at radius 3 is 2.50 bits per heavy atom. The van der Waals surface area contributed by atoms with Gasteiger partial charge in [0.15, 0.2) is 0 Å². The van der Waals surface area contributed by atoms with Crippen LogP contribution in [0, 0.1) is 0 Å². The van der Waals surface area contributed by atoms with Crippen molar-refractivity contribution in [3.8, 4) is 0 Å². The normalized spacial score (nSPS) is 15.9. The van der Waals surface area contributed by atoms with Gasteiger partial charge in [-0.05, 0) is 36.1 Å². The first-order valence-corrected chi connectivity index (χ1v) is 8.30. The Labute approximate surface area is 154 Å². The number of carbonyl (C=O) groups is 1. The zero-order chi connectivity index (χ0) is 16.3. The van der Waals surface area contributed by atoms with Gasteiger partial charge in [0.05, 0.1) is 0 Å². The molecule has 1 fully saturated rings. The van der Waals surface area contributed by atoms with Crippen LogP contribution in [0.5, 0.6) is 0 Å². The molecule has 1 aliphatic carbocycles. The van der Waals surface area contributed by atoms with Gasteiger partial charge in [-0.15, -0.1) is 12.4 Å². The van der Waals surface area contributed by atoms with E-state index in [-0.39, 0.29) is 29.8 Å². The number of hydrogen-bond acceptors (Lipinski definition) is 2. The quantitative estimate of drug-likeness (QED) is 0.813. The fraction of sp³-hybridized carbons (Fsp3) is 0.316. The first-order chi connectivity index (χ1) is 11.1. The zero-order valence-corrected chi connectivity index (χ0v) is 14.9. The summed E-state index contributed by atoms with van der Waals surface area (Å²) in [5.74, 6) is -0.00495. The summed E-state index contributed by atoms with van der Waals surface area (Å²) in [4.78, 5) is 12.2. The summed E-state index contributed by atoms with van der Waals surface area (Å²) in [7, 11) is 0. The Morgan fingerprint density at radius 1 is 1.17 bits per heavy atom. The third-order valence-corrected chi connectivity index (χ3v) is 4.78. The van der Waals surface area contributed by atoms with E-state index < -0.39 is 0 Å². The van der Waals surface area contributed by atoms with Crippen molar-refractivity contribution in [1.29, 1.82) is 0 Å². The molecule has 0 saturated heterocycles. The van der Waals surface area contributed by atoms with E-state index in [0.717, 1.165) is 23.4 Å². The summed E-state index contributed by atoms with van der Waals surface area (Å²) in [6.45, 7) is 0.647. The molecule has 1 saturated carbocycles. The summed E-state index contributed by atoms with van der Waals surface area (Å²) in [6, 6.07) is 17.4. The highest BCUT2D eigenvalue weighted by Gasteiger charge is 2.44. The van der Waals surface area contributed by atoms with Gasteiger partial charge in [-0.25, -0.2) is 0 Å². The van der Waals surface area contributed by atoms with Crippen LogP contribution in [0.15, 0.2) is 54.6 Å². The van der Waals surface area contributed by atoms with Crippen LogP contribution in [-0.2, 0) is 10.2 Å². The number of amides is 1. The third kappa shape index (κ3) is 4.50. The lowest BCUT2D eigenvalue weighted by molar-refractivity contribution is -0.121. The topological polar surface area (TPSA) is 55.1 Å². The molecule has 0 heterocycles. The summed E-state index contributed by atoms with van der Waals surface area (Å²) in [6.07, 6.45) is 2.46. The number of nitrogens with one attached hydrogen (secondary N) is 1. The second-order valence-corrected chi connectivity index (χ2v) is 6.73. The number of hydrogen-bond donors (Lipinski definition) is 2. The van der Waals surface area contributed by atoms with Gasteiger partial charge in [-0.3, -0.25) is 4.79 Å². The molecule has 3 rings (SSSR count). The van der Waals surface area contributed by atoms with Gasteiger partial charge in [0.1, 0.15) is 0 Å². The van der Waals surface area contributed by atoms with Crippen LogP contribution < -0.4 is 11.1 Å². The van der Waals surface area contributed by atoms with Crippen LogP contribution >= 0.6 is 24.0 Å². The maximum atomic E-state index is 12.2. The monoisotopic (exact) mass is 364 g/mol. The first kappa shape index (κ1) is 18.8. The number of carbonyl (C=O) groups excluding carboxylic acids is 1. The minimum absolute atomic E-state index is 0. The minimum Gasteiger partial charge on any atom is -0.355 e. The molecule has 1 unspecified atom stereocenters. The van der Waals surface area contributed by atoms with Crippen molar-refractivity contribution in [3.05, 3.63) is 70.7 Å². The molecule has 0 aromatic heterocycles. The Balaban J connectivity index is 0.00000208. The second kappa shape index (κ2) is 8.02. The SMILES string of the molecule is Cl.NC(CC(=O)NCC1(c2cccc(Cl)c2)CC1)c1ccccc1. The molecule has 0 spiro atoms. The predicted octanol–water partition coefficient (Wildman–Crippen LogP) is 4.00. The smallest absolute Gasteiger partial charge is 0.221 e. The van der Waals surface area contributed by atoms with Crippen LogP contribution in [0.1, 0.15) is 36.4 Å². The average Bonchev–Trinajstić information content (AvgIpc) is 3.35. The van der Waals surface area contributed by atoms with Gasteiger partial charge in [-0.1, -0.05) is 54.1 Å². The first-order valence-electron chi connectivity index (χ1n) is 7.92. The Morgan fingerprint density at radius 2 is 1.88 bits per heavy atom. The molecule has 0 aliphatic heterocycles. The molecule has 2 aromatic rings. The lowest BCUT2D eigenvalue weighted by Gasteiger charge is -2.18. The van der Waals surface area contributed by atoms with E-state index in [9.17, 15) is 4.79 Å². The zero-order valence-electron chi connectivity index (χ0n) is 13.4. The summed E-state index contributed by atoms with van der Waals surface area (Å²) >= 11 is 6.07. The third-order valence-electron chi connectivity index (χ3n) is 4.55. The van der Waals surface area contributed by atoms with E-state index >= 15 is 0 Å². The van der Waals surface area contributed by atoms with E-state index in [0.29, 0.717) is 13.0 Å². The molecule has 1 atom stereocenters. The van der Waals surface area contributed by atoms with Crippen LogP contribution in [0.25, 0.3) is 0 Å². The van der Waals surface area contributed by atoms with Gasteiger partial charge in [0, 0.05) is 29.4 Å². The largest absolute Gasteiger partial charge is 0.355 e.